The standard InChI is InChI=1S/C26H32ClFN8O5/c1-26(2,37)16-8-18(28)17(27)9-19(16)31-24-29-14-30-25(33-24)32-20-10-22(36(38)39)21(11-23(20)40-5)35-6-7-41-13-15(35)12-34(3)4/h8-11,14-15,37H,6-7,12-13H2,1-5H3,(H2,29,30,31,32,33)/t15-/m0/s1. The molecule has 1 saturated heterocycles. The number of halogens is 2. The molecule has 1 aliphatic rings. The van der Waals surface area contributed by atoms with Crippen LogP contribution in [0, 0.1) is 15.9 Å². The largest absolute Gasteiger partial charge is 0.494 e. The first-order chi connectivity index (χ1) is 19.4. The van der Waals surface area contributed by atoms with E-state index in [2.05, 4.69) is 25.6 Å². The Hall–Kier alpha value is -3.85. The lowest BCUT2D eigenvalue weighted by molar-refractivity contribution is -0.384. The molecule has 2 heterocycles. The van der Waals surface area contributed by atoms with Crippen LogP contribution in [0.5, 0.6) is 5.75 Å². The summed E-state index contributed by atoms with van der Waals surface area (Å²) in [6, 6.07) is 5.35. The highest BCUT2D eigenvalue weighted by molar-refractivity contribution is 6.31. The summed E-state index contributed by atoms with van der Waals surface area (Å²) in [5, 5.41) is 28.4. The van der Waals surface area contributed by atoms with Gasteiger partial charge in [0.1, 0.15) is 23.6 Å². The van der Waals surface area contributed by atoms with Crippen molar-refractivity contribution in [2.24, 2.45) is 0 Å². The third-order valence-corrected chi connectivity index (χ3v) is 6.68. The molecule has 15 heteroatoms. The molecule has 0 saturated carbocycles. The maximum atomic E-state index is 14.1. The number of ether oxygens (including phenoxy) is 2. The minimum atomic E-state index is -1.40. The van der Waals surface area contributed by atoms with Crippen molar-refractivity contribution in [2.75, 3.05) is 63.0 Å². The summed E-state index contributed by atoms with van der Waals surface area (Å²) < 4.78 is 25.3. The number of benzene rings is 2. The van der Waals surface area contributed by atoms with Crippen LogP contribution < -0.4 is 20.3 Å². The SMILES string of the molecule is COc1cc(N2CCOC[C@@H]2CN(C)C)c([N+](=O)[O-])cc1Nc1ncnc(Nc2cc(Cl)c(F)cc2C(C)(C)O)n1. The summed E-state index contributed by atoms with van der Waals surface area (Å²) in [6.07, 6.45) is 1.22. The number of nitro groups is 1. The molecule has 0 bridgehead atoms. The van der Waals surface area contributed by atoms with Gasteiger partial charge in [-0.15, -0.1) is 0 Å². The van der Waals surface area contributed by atoms with Gasteiger partial charge in [-0.25, -0.2) is 14.4 Å². The van der Waals surface area contributed by atoms with E-state index in [-0.39, 0.29) is 45.6 Å². The number of hydrogen-bond donors (Lipinski definition) is 3. The van der Waals surface area contributed by atoms with Crippen LogP contribution in [0.3, 0.4) is 0 Å². The van der Waals surface area contributed by atoms with Crippen molar-refractivity contribution < 1.29 is 23.9 Å². The molecular formula is C26H32ClFN8O5. The fourth-order valence-electron chi connectivity index (χ4n) is 4.56. The van der Waals surface area contributed by atoms with E-state index in [1.807, 2.05) is 23.9 Å². The number of likely N-dealkylation sites (N-methyl/N-ethyl adjacent to an activating group) is 1. The smallest absolute Gasteiger partial charge is 0.294 e. The summed E-state index contributed by atoms with van der Waals surface area (Å²) in [4.78, 5) is 28.2. The van der Waals surface area contributed by atoms with Gasteiger partial charge < -0.3 is 35.0 Å². The Morgan fingerprint density at radius 1 is 1.24 bits per heavy atom. The van der Waals surface area contributed by atoms with Crippen LogP contribution in [0.15, 0.2) is 30.6 Å². The minimum Gasteiger partial charge on any atom is -0.494 e. The van der Waals surface area contributed by atoms with E-state index < -0.39 is 16.3 Å². The molecule has 1 atom stereocenters. The fraction of sp³-hybridized carbons (Fsp3) is 0.423. The van der Waals surface area contributed by atoms with E-state index in [9.17, 15) is 19.6 Å². The summed E-state index contributed by atoms with van der Waals surface area (Å²) >= 11 is 5.97. The molecule has 1 aromatic heterocycles. The number of nitro benzene ring substituents is 1. The highest BCUT2D eigenvalue weighted by Gasteiger charge is 2.31. The Morgan fingerprint density at radius 3 is 2.54 bits per heavy atom. The Bertz CT molecular complexity index is 1420. The van der Waals surface area contributed by atoms with E-state index in [4.69, 9.17) is 21.1 Å². The van der Waals surface area contributed by atoms with Gasteiger partial charge in [0.05, 0.1) is 47.6 Å². The molecule has 0 aliphatic carbocycles. The average molecular weight is 591 g/mol. The van der Waals surface area contributed by atoms with Gasteiger partial charge in [-0.1, -0.05) is 11.6 Å². The molecule has 1 aliphatic heterocycles. The number of methoxy groups -OCH3 is 1. The lowest BCUT2D eigenvalue weighted by Gasteiger charge is -2.38. The zero-order valence-corrected chi connectivity index (χ0v) is 24.1. The molecule has 3 aromatic rings. The normalized spacial score (nSPS) is 15.6. The minimum absolute atomic E-state index is 0.0534. The maximum Gasteiger partial charge on any atom is 0.294 e. The first kappa shape index (κ1) is 30.1. The topological polar surface area (TPSA) is 151 Å². The van der Waals surface area contributed by atoms with E-state index in [1.165, 1.54) is 39.4 Å². The van der Waals surface area contributed by atoms with Gasteiger partial charge in [-0.05, 0) is 40.1 Å². The molecule has 0 spiro atoms. The summed E-state index contributed by atoms with van der Waals surface area (Å²) in [5.74, 6) is -0.238. The zero-order chi connectivity index (χ0) is 29.9. The van der Waals surface area contributed by atoms with Gasteiger partial charge in [-0.2, -0.15) is 4.98 Å². The predicted octanol–water partition coefficient (Wildman–Crippen LogP) is 4.06. The number of rotatable bonds is 10. The van der Waals surface area contributed by atoms with Gasteiger partial charge >= 0.3 is 0 Å². The summed E-state index contributed by atoms with van der Waals surface area (Å²) in [6.45, 7) is 5.02. The molecule has 1 fully saturated rings. The third-order valence-electron chi connectivity index (χ3n) is 6.39. The second-order valence-corrected chi connectivity index (χ2v) is 10.6. The van der Waals surface area contributed by atoms with Crippen molar-refractivity contribution in [1.29, 1.82) is 0 Å². The molecule has 2 aromatic carbocycles. The van der Waals surface area contributed by atoms with Crippen molar-refractivity contribution in [3.05, 3.63) is 57.1 Å². The molecule has 41 heavy (non-hydrogen) atoms. The highest BCUT2D eigenvalue weighted by atomic mass is 35.5. The molecule has 4 rings (SSSR count). The molecule has 220 valence electrons. The van der Waals surface area contributed by atoms with Crippen molar-refractivity contribution in [2.45, 2.75) is 25.5 Å². The lowest BCUT2D eigenvalue weighted by atomic mass is 9.96. The van der Waals surface area contributed by atoms with Gasteiger partial charge in [0, 0.05) is 36.5 Å². The van der Waals surface area contributed by atoms with Crippen molar-refractivity contribution in [1.82, 2.24) is 19.9 Å². The van der Waals surface area contributed by atoms with Crippen LogP contribution in [-0.2, 0) is 10.3 Å². The second kappa shape index (κ2) is 12.3. The molecule has 0 amide bonds. The fourth-order valence-corrected chi connectivity index (χ4v) is 4.72. The van der Waals surface area contributed by atoms with Crippen molar-refractivity contribution in [3.63, 3.8) is 0 Å². The number of hydrogen-bond acceptors (Lipinski definition) is 12. The summed E-state index contributed by atoms with van der Waals surface area (Å²) in [5.41, 5.74) is -0.323. The van der Waals surface area contributed by atoms with Gasteiger partial charge in [-0.3, -0.25) is 10.1 Å². The maximum absolute atomic E-state index is 14.1. The number of nitrogens with zero attached hydrogens (tertiary/aromatic N) is 6. The third kappa shape index (κ3) is 7.08. The molecular weight excluding hydrogens is 559 g/mol. The monoisotopic (exact) mass is 590 g/mol. The first-order valence-corrected chi connectivity index (χ1v) is 13.1. The molecule has 13 nitrogen and oxygen atoms in total. The lowest BCUT2D eigenvalue weighted by Crippen LogP contribution is -2.50. The van der Waals surface area contributed by atoms with Crippen LogP contribution in [-0.4, -0.2) is 83.4 Å². The van der Waals surface area contributed by atoms with Crippen molar-refractivity contribution in [3.8, 4) is 5.75 Å². The number of aromatic nitrogens is 3. The Balaban J connectivity index is 1.67. The second-order valence-electron chi connectivity index (χ2n) is 10.2. The predicted molar refractivity (Wildman–Crippen MR) is 153 cm³/mol. The van der Waals surface area contributed by atoms with Crippen molar-refractivity contribution >= 4 is 46.2 Å². The Kier molecular flexibility index (Phi) is 9.07. The number of aliphatic hydroxyl groups is 1. The van der Waals surface area contributed by atoms with E-state index in [0.29, 0.717) is 37.7 Å². The van der Waals surface area contributed by atoms with Crippen LogP contribution in [0.1, 0.15) is 19.4 Å². The first-order valence-electron chi connectivity index (χ1n) is 12.7. The number of anilines is 5. The molecule has 3 N–H and O–H groups in total. The Morgan fingerprint density at radius 2 is 1.93 bits per heavy atom. The summed E-state index contributed by atoms with van der Waals surface area (Å²) in [7, 11) is 5.33. The van der Waals surface area contributed by atoms with Gasteiger partial charge in [0.25, 0.3) is 5.69 Å². The number of morpholine rings is 1. The van der Waals surface area contributed by atoms with Crippen LogP contribution >= 0.6 is 11.6 Å². The molecule has 0 unspecified atom stereocenters. The quantitative estimate of drug-likeness (QED) is 0.231. The van der Waals surface area contributed by atoms with Crippen LogP contribution in [0.25, 0.3) is 0 Å². The van der Waals surface area contributed by atoms with Gasteiger partial charge in [0.15, 0.2) is 0 Å². The van der Waals surface area contributed by atoms with E-state index in [1.54, 1.807) is 6.07 Å². The van der Waals surface area contributed by atoms with E-state index in [0.717, 1.165) is 6.07 Å². The van der Waals surface area contributed by atoms with E-state index >= 15 is 0 Å². The average Bonchev–Trinajstić information content (AvgIpc) is 2.90. The van der Waals surface area contributed by atoms with Crippen LogP contribution in [0.2, 0.25) is 5.02 Å². The molecule has 0 radical (unpaired) electrons. The highest BCUT2D eigenvalue weighted by Crippen LogP contribution is 2.40. The Labute approximate surface area is 241 Å². The number of nitrogens with one attached hydrogen (secondary N) is 2. The van der Waals surface area contributed by atoms with Gasteiger partial charge in [0.2, 0.25) is 11.9 Å². The zero-order valence-electron chi connectivity index (χ0n) is 23.3. The van der Waals surface area contributed by atoms with Crippen LogP contribution in [0.4, 0.5) is 39.0 Å².